The van der Waals surface area contributed by atoms with Crippen molar-refractivity contribution in [2.45, 2.75) is 57.2 Å². The van der Waals surface area contributed by atoms with Crippen LogP contribution in [0.5, 0.6) is 0 Å². The molecule has 2 amide bonds. The van der Waals surface area contributed by atoms with Crippen molar-refractivity contribution in [2.75, 3.05) is 26.2 Å². The fourth-order valence-electron chi connectivity index (χ4n) is 4.28. The number of nitrogens with two attached hydrogens (primary N) is 1. The Morgan fingerprint density at radius 1 is 1.12 bits per heavy atom. The van der Waals surface area contributed by atoms with E-state index in [1.54, 1.807) is 0 Å². The lowest BCUT2D eigenvalue weighted by Gasteiger charge is -2.29. The molecule has 7 nitrogen and oxygen atoms in total. The largest absolute Gasteiger partial charge is 0.444 e. The van der Waals surface area contributed by atoms with Crippen LogP contribution >= 0.6 is 0 Å². The lowest BCUT2D eigenvalue weighted by molar-refractivity contribution is -0.133. The van der Waals surface area contributed by atoms with Gasteiger partial charge in [0.05, 0.1) is 6.04 Å². The Morgan fingerprint density at radius 2 is 1.71 bits per heavy atom. The monoisotopic (exact) mass is 466 g/mol. The third kappa shape index (κ3) is 7.57. The molecule has 3 rings (SSSR count). The van der Waals surface area contributed by atoms with E-state index in [-0.39, 0.29) is 17.9 Å². The Labute approximate surface area is 203 Å². The van der Waals surface area contributed by atoms with Crippen molar-refractivity contribution in [3.8, 4) is 0 Å². The van der Waals surface area contributed by atoms with Gasteiger partial charge in [-0.15, -0.1) is 0 Å². The highest BCUT2D eigenvalue weighted by Gasteiger charge is 2.32. The summed E-state index contributed by atoms with van der Waals surface area (Å²) in [4.78, 5) is 27.6. The highest BCUT2D eigenvalue weighted by Crippen LogP contribution is 2.27. The van der Waals surface area contributed by atoms with Crippen molar-refractivity contribution in [2.24, 2.45) is 5.73 Å². The maximum Gasteiger partial charge on any atom is 0.407 e. The van der Waals surface area contributed by atoms with Gasteiger partial charge in [0.25, 0.3) is 0 Å². The van der Waals surface area contributed by atoms with Crippen molar-refractivity contribution in [1.29, 1.82) is 0 Å². The molecule has 1 heterocycles. The average Bonchev–Trinajstić information content (AvgIpc) is 2.96. The summed E-state index contributed by atoms with van der Waals surface area (Å²) in [6, 6.07) is 20.2. The van der Waals surface area contributed by atoms with E-state index in [0.29, 0.717) is 32.6 Å². The zero-order valence-electron chi connectivity index (χ0n) is 20.5. The first-order valence-corrected chi connectivity index (χ1v) is 12.1. The second-order valence-electron chi connectivity index (χ2n) is 9.82. The molecule has 0 aromatic heterocycles. The number of alkyl carbamates (subject to hydrolysis) is 1. The van der Waals surface area contributed by atoms with Gasteiger partial charge in [0.15, 0.2) is 0 Å². The number of amides is 2. The van der Waals surface area contributed by atoms with E-state index in [4.69, 9.17) is 10.5 Å². The summed E-state index contributed by atoms with van der Waals surface area (Å²) in [5, 5.41) is 6.18. The van der Waals surface area contributed by atoms with Crippen LogP contribution < -0.4 is 16.4 Å². The van der Waals surface area contributed by atoms with Gasteiger partial charge in [-0.05, 0) is 44.7 Å². The van der Waals surface area contributed by atoms with Crippen LogP contribution in [0, 0.1) is 0 Å². The standard InChI is InChI=1S/C27H38N4O3/c1-27(2,3)34-26(33)29-16-14-24-25(32)31(17-15-22(18-28)30-24)19-23(20-10-6-4-7-11-20)21-12-8-5-9-13-21/h4-13,22-24,30H,14-19,28H2,1-3H3,(H,29,33)/t22?,24-/m0/s1. The number of benzene rings is 2. The quantitative estimate of drug-likeness (QED) is 0.555. The Kier molecular flexibility index (Phi) is 9.07. The molecule has 1 saturated heterocycles. The maximum atomic E-state index is 13.6. The number of carbonyl (C=O) groups excluding carboxylic acids is 2. The van der Waals surface area contributed by atoms with Gasteiger partial charge < -0.3 is 26.0 Å². The zero-order valence-corrected chi connectivity index (χ0v) is 20.5. The normalized spacial score (nSPS) is 19.1. The maximum absolute atomic E-state index is 13.6. The zero-order chi connectivity index (χ0) is 24.6. The van der Waals surface area contributed by atoms with E-state index in [0.717, 1.165) is 6.42 Å². The molecule has 1 unspecified atom stereocenters. The van der Waals surface area contributed by atoms with Crippen LogP contribution in [0.2, 0.25) is 0 Å². The van der Waals surface area contributed by atoms with E-state index < -0.39 is 17.7 Å². The average molecular weight is 467 g/mol. The van der Waals surface area contributed by atoms with E-state index in [1.807, 2.05) is 62.1 Å². The third-order valence-electron chi connectivity index (χ3n) is 5.99. The molecule has 4 N–H and O–H groups in total. The Morgan fingerprint density at radius 3 is 2.24 bits per heavy atom. The number of ether oxygens (including phenoxy) is 1. The lowest BCUT2D eigenvalue weighted by Crippen LogP contribution is -2.49. The second-order valence-corrected chi connectivity index (χ2v) is 9.82. The van der Waals surface area contributed by atoms with Gasteiger partial charge in [-0.2, -0.15) is 0 Å². The number of hydrogen-bond acceptors (Lipinski definition) is 5. The molecular formula is C27H38N4O3. The SMILES string of the molecule is CC(C)(C)OC(=O)NCC[C@@H]1NC(CN)CCN(CC(c2ccccc2)c2ccccc2)C1=O. The second kappa shape index (κ2) is 12.0. The van der Waals surface area contributed by atoms with Crippen molar-refractivity contribution >= 4 is 12.0 Å². The number of rotatable bonds is 8. The van der Waals surface area contributed by atoms with E-state index in [1.165, 1.54) is 11.1 Å². The van der Waals surface area contributed by atoms with Gasteiger partial charge in [0.1, 0.15) is 5.60 Å². The molecule has 1 fully saturated rings. The highest BCUT2D eigenvalue weighted by atomic mass is 16.6. The smallest absolute Gasteiger partial charge is 0.407 e. The van der Waals surface area contributed by atoms with Crippen LogP contribution in [-0.4, -0.2) is 60.8 Å². The summed E-state index contributed by atoms with van der Waals surface area (Å²) in [6.07, 6.45) is 0.773. The molecule has 1 aliphatic heterocycles. The Hall–Kier alpha value is -2.90. The molecular weight excluding hydrogens is 428 g/mol. The van der Waals surface area contributed by atoms with Gasteiger partial charge in [-0.1, -0.05) is 60.7 Å². The van der Waals surface area contributed by atoms with Crippen LogP contribution in [0.3, 0.4) is 0 Å². The van der Waals surface area contributed by atoms with Gasteiger partial charge >= 0.3 is 6.09 Å². The van der Waals surface area contributed by atoms with Crippen LogP contribution in [0.15, 0.2) is 60.7 Å². The molecule has 2 aromatic carbocycles. The first-order valence-electron chi connectivity index (χ1n) is 12.1. The molecule has 2 atom stereocenters. The van der Waals surface area contributed by atoms with Crippen LogP contribution in [0.1, 0.15) is 50.7 Å². The summed E-state index contributed by atoms with van der Waals surface area (Å²) in [7, 11) is 0. The number of nitrogens with one attached hydrogen (secondary N) is 2. The minimum absolute atomic E-state index is 0.0406. The van der Waals surface area contributed by atoms with Crippen LogP contribution in [-0.2, 0) is 9.53 Å². The van der Waals surface area contributed by atoms with Crippen LogP contribution in [0.4, 0.5) is 4.79 Å². The van der Waals surface area contributed by atoms with Crippen LogP contribution in [0.25, 0.3) is 0 Å². The fourth-order valence-corrected chi connectivity index (χ4v) is 4.28. The summed E-state index contributed by atoms with van der Waals surface area (Å²) in [6.45, 7) is 7.48. The molecule has 0 bridgehead atoms. The summed E-state index contributed by atoms with van der Waals surface area (Å²) < 4.78 is 5.31. The first-order chi connectivity index (χ1) is 16.3. The molecule has 184 valence electrons. The molecule has 0 radical (unpaired) electrons. The van der Waals surface area contributed by atoms with Gasteiger partial charge in [-0.3, -0.25) is 4.79 Å². The van der Waals surface area contributed by atoms with Crippen molar-refractivity contribution in [1.82, 2.24) is 15.5 Å². The van der Waals surface area contributed by atoms with Gasteiger partial charge in [-0.25, -0.2) is 4.79 Å². The molecule has 0 aliphatic carbocycles. The molecule has 0 saturated carbocycles. The minimum Gasteiger partial charge on any atom is -0.444 e. The number of hydrogen-bond donors (Lipinski definition) is 3. The molecule has 2 aromatic rings. The first kappa shape index (κ1) is 25.7. The molecule has 1 aliphatic rings. The van der Waals surface area contributed by atoms with Crippen molar-refractivity contribution in [3.63, 3.8) is 0 Å². The fraction of sp³-hybridized carbons (Fsp3) is 0.481. The topological polar surface area (TPSA) is 96.7 Å². The van der Waals surface area contributed by atoms with Gasteiger partial charge in [0, 0.05) is 38.1 Å². The van der Waals surface area contributed by atoms with Gasteiger partial charge in [0.2, 0.25) is 5.91 Å². The van der Waals surface area contributed by atoms with E-state index >= 15 is 0 Å². The molecule has 0 spiro atoms. The van der Waals surface area contributed by atoms with E-state index in [2.05, 4.69) is 34.9 Å². The number of nitrogens with zero attached hydrogens (tertiary/aromatic N) is 1. The summed E-state index contributed by atoms with van der Waals surface area (Å²) >= 11 is 0. The Bertz CT molecular complexity index is 875. The third-order valence-corrected chi connectivity index (χ3v) is 5.99. The van der Waals surface area contributed by atoms with Crippen molar-refractivity contribution in [3.05, 3.63) is 71.8 Å². The summed E-state index contributed by atoms with van der Waals surface area (Å²) in [5.41, 5.74) is 7.77. The predicted molar refractivity (Wildman–Crippen MR) is 135 cm³/mol. The molecule has 7 heteroatoms. The Balaban J connectivity index is 1.73. The lowest BCUT2D eigenvalue weighted by atomic mass is 9.90. The number of carbonyl (C=O) groups is 2. The van der Waals surface area contributed by atoms with E-state index in [9.17, 15) is 9.59 Å². The highest BCUT2D eigenvalue weighted by molar-refractivity contribution is 5.82. The molecule has 34 heavy (non-hydrogen) atoms. The summed E-state index contributed by atoms with van der Waals surface area (Å²) in [5.74, 6) is 0.111. The predicted octanol–water partition coefficient (Wildman–Crippen LogP) is 3.25. The van der Waals surface area contributed by atoms with Crippen molar-refractivity contribution < 1.29 is 14.3 Å². The minimum atomic E-state index is -0.564.